The summed E-state index contributed by atoms with van der Waals surface area (Å²) in [6, 6.07) is 13.0. The van der Waals surface area contributed by atoms with Crippen molar-refractivity contribution < 1.29 is 19.1 Å². The van der Waals surface area contributed by atoms with E-state index < -0.39 is 5.97 Å². The van der Waals surface area contributed by atoms with Gasteiger partial charge in [0.2, 0.25) is 0 Å². The van der Waals surface area contributed by atoms with Gasteiger partial charge >= 0.3 is 5.97 Å². The van der Waals surface area contributed by atoms with Crippen LogP contribution < -0.4 is 4.74 Å². The molecule has 0 fully saturated rings. The van der Waals surface area contributed by atoms with Gasteiger partial charge in [-0.2, -0.15) is 0 Å². The summed E-state index contributed by atoms with van der Waals surface area (Å²) in [4.78, 5) is 23.4. The lowest BCUT2D eigenvalue weighted by molar-refractivity contribution is -0.136. The number of rotatable bonds is 7. The molecule has 0 aliphatic carbocycles. The van der Waals surface area contributed by atoms with Crippen molar-refractivity contribution in [1.29, 1.82) is 0 Å². The molecule has 0 aliphatic heterocycles. The highest BCUT2D eigenvalue weighted by molar-refractivity contribution is 5.97. The maximum atomic E-state index is 12.2. The molecule has 128 valence electrons. The molecule has 25 heavy (non-hydrogen) atoms. The number of aryl methyl sites for hydroxylation is 2. The number of Topliss-reactive ketones (excluding diaryl/α,β-unsaturated/α-hetero) is 1. The van der Waals surface area contributed by atoms with Crippen LogP contribution in [0.4, 0.5) is 0 Å². The van der Waals surface area contributed by atoms with E-state index in [-0.39, 0.29) is 18.6 Å². The van der Waals surface area contributed by atoms with E-state index in [4.69, 9.17) is 11.2 Å². The zero-order valence-electron chi connectivity index (χ0n) is 14.4. The number of benzene rings is 2. The summed E-state index contributed by atoms with van der Waals surface area (Å²) in [7, 11) is 0. The Kier molecular flexibility index (Phi) is 6.36. The third-order valence-corrected chi connectivity index (χ3v) is 3.91. The number of ketones is 1. The lowest BCUT2D eigenvalue weighted by Crippen LogP contribution is -2.06. The Morgan fingerprint density at radius 1 is 1.04 bits per heavy atom. The summed E-state index contributed by atoms with van der Waals surface area (Å²) in [6.45, 7) is 4.52. The normalized spacial score (nSPS) is 9.96. The highest BCUT2D eigenvalue weighted by Gasteiger charge is 2.11. The number of hydrogen-bond acceptors (Lipinski definition) is 4. The van der Waals surface area contributed by atoms with Gasteiger partial charge in [-0.05, 0) is 42.7 Å². The van der Waals surface area contributed by atoms with Gasteiger partial charge in [0.1, 0.15) is 18.5 Å². The van der Waals surface area contributed by atoms with E-state index in [0.29, 0.717) is 17.9 Å². The second-order valence-electron chi connectivity index (χ2n) is 5.70. The second-order valence-corrected chi connectivity index (χ2v) is 5.70. The fraction of sp³-hybridized carbons (Fsp3) is 0.238. The van der Waals surface area contributed by atoms with E-state index in [1.807, 2.05) is 32.0 Å². The van der Waals surface area contributed by atoms with Crippen molar-refractivity contribution in [1.82, 2.24) is 0 Å². The van der Waals surface area contributed by atoms with E-state index in [0.717, 1.165) is 5.56 Å². The smallest absolute Gasteiger partial charge is 0.320 e. The van der Waals surface area contributed by atoms with Crippen LogP contribution in [0.25, 0.3) is 0 Å². The molecule has 0 radical (unpaired) electrons. The van der Waals surface area contributed by atoms with Crippen molar-refractivity contribution in [3.05, 3.63) is 64.7 Å². The molecular formula is C21H20O4. The average molecular weight is 336 g/mol. The minimum atomic E-state index is -0.585. The Labute approximate surface area is 147 Å². The van der Waals surface area contributed by atoms with Gasteiger partial charge in [-0.1, -0.05) is 36.8 Å². The Hall–Kier alpha value is -3.06. The molecule has 0 heterocycles. The second kappa shape index (κ2) is 8.70. The van der Waals surface area contributed by atoms with Gasteiger partial charge in [0.05, 0.1) is 6.42 Å². The number of carbonyl (C=O) groups is 2. The van der Waals surface area contributed by atoms with Crippen LogP contribution in [0, 0.1) is 26.4 Å². The highest BCUT2D eigenvalue weighted by Crippen LogP contribution is 2.19. The standard InChI is InChI=1S/C21H20O4/c1-4-24-21(23)12-11-20(22)17-9-6-10-18(13-17)25-14-19-15(2)7-5-8-16(19)3/h1,5-10,13H,11-12,14H2,2-3H3. The zero-order valence-corrected chi connectivity index (χ0v) is 14.4. The third-order valence-electron chi connectivity index (χ3n) is 3.91. The monoisotopic (exact) mass is 336 g/mol. The van der Waals surface area contributed by atoms with Crippen molar-refractivity contribution in [3.8, 4) is 18.3 Å². The van der Waals surface area contributed by atoms with Crippen LogP contribution in [0.1, 0.15) is 39.9 Å². The summed E-state index contributed by atoms with van der Waals surface area (Å²) in [5, 5.41) is 0. The van der Waals surface area contributed by atoms with Gasteiger partial charge in [0.15, 0.2) is 5.78 Å². The molecule has 0 aliphatic rings. The molecule has 0 spiro atoms. The van der Waals surface area contributed by atoms with Crippen molar-refractivity contribution >= 4 is 11.8 Å². The minimum Gasteiger partial charge on any atom is -0.489 e. The Bertz CT molecular complexity index is 795. The minimum absolute atomic E-state index is 0.0425. The third kappa shape index (κ3) is 5.22. The molecule has 0 bridgehead atoms. The van der Waals surface area contributed by atoms with E-state index in [1.165, 1.54) is 11.1 Å². The van der Waals surface area contributed by atoms with Gasteiger partial charge in [-0.15, -0.1) is 0 Å². The Balaban J connectivity index is 2.00. The molecule has 0 amide bonds. The van der Waals surface area contributed by atoms with Crippen LogP contribution in [0.5, 0.6) is 5.75 Å². The molecule has 4 heteroatoms. The molecule has 2 aromatic carbocycles. The van der Waals surface area contributed by atoms with Gasteiger partial charge in [0.25, 0.3) is 0 Å². The molecule has 0 N–H and O–H groups in total. The van der Waals surface area contributed by atoms with E-state index in [2.05, 4.69) is 4.74 Å². The van der Waals surface area contributed by atoms with Crippen LogP contribution in [0.2, 0.25) is 0 Å². The van der Waals surface area contributed by atoms with Gasteiger partial charge in [0, 0.05) is 12.0 Å². The topological polar surface area (TPSA) is 52.6 Å². The Morgan fingerprint density at radius 2 is 1.72 bits per heavy atom. The molecule has 2 rings (SSSR count). The first-order valence-corrected chi connectivity index (χ1v) is 7.97. The van der Waals surface area contributed by atoms with Crippen LogP contribution in [0.3, 0.4) is 0 Å². The van der Waals surface area contributed by atoms with Crippen LogP contribution in [0.15, 0.2) is 42.5 Å². The fourth-order valence-electron chi connectivity index (χ4n) is 2.47. The van der Waals surface area contributed by atoms with Crippen LogP contribution in [-0.2, 0) is 16.1 Å². The molecule has 0 saturated carbocycles. The number of terminal acetylenes is 1. The zero-order chi connectivity index (χ0) is 18.2. The lowest BCUT2D eigenvalue weighted by atomic mass is 10.0. The van der Waals surface area contributed by atoms with E-state index in [9.17, 15) is 9.59 Å². The van der Waals surface area contributed by atoms with Crippen molar-refractivity contribution in [3.63, 3.8) is 0 Å². The van der Waals surface area contributed by atoms with Crippen molar-refractivity contribution in [2.75, 3.05) is 0 Å². The molecular weight excluding hydrogens is 316 g/mol. The molecule has 0 atom stereocenters. The quantitative estimate of drug-likeness (QED) is 0.436. The number of esters is 1. The predicted molar refractivity (Wildman–Crippen MR) is 95.2 cm³/mol. The first-order valence-electron chi connectivity index (χ1n) is 7.97. The van der Waals surface area contributed by atoms with Crippen LogP contribution in [-0.4, -0.2) is 11.8 Å². The summed E-state index contributed by atoms with van der Waals surface area (Å²) in [5.74, 6) is -0.135. The van der Waals surface area contributed by atoms with E-state index >= 15 is 0 Å². The molecule has 0 aromatic heterocycles. The number of hydrogen-bond donors (Lipinski definition) is 0. The molecule has 0 saturated heterocycles. The highest BCUT2D eigenvalue weighted by atomic mass is 16.5. The maximum absolute atomic E-state index is 12.2. The first kappa shape index (κ1) is 18.3. The first-order chi connectivity index (χ1) is 12.0. The lowest BCUT2D eigenvalue weighted by Gasteiger charge is -2.12. The summed E-state index contributed by atoms with van der Waals surface area (Å²) in [6.07, 6.45) is 6.67. The van der Waals surface area contributed by atoms with Gasteiger partial charge in [-0.3, -0.25) is 9.59 Å². The largest absolute Gasteiger partial charge is 0.489 e. The van der Waals surface area contributed by atoms with Gasteiger partial charge in [-0.25, -0.2) is 0 Å². The maximum Gasteiger partial charge on any atom is 0.320 e. The Morgan fingerprint density at radius 3 is 2.40 bits per heavy atom. The predicted octanol–water partition coefficient (Wildman–Crippen LogP) is 3.98. The SMILES string of the molecule is C#COC(=O)CCC(=O)c1cccc(OCc2c(C)cccc2C)c1. The summed E-state index contributed by atoms with van der Waals surface area (Å²) >= 11 is 0. The molecule has 2 aromatic rings. The van der Waals surface area contributed by atoms with Crippen molar-refractivity contribution in [2.24, 2.45) is 0 Å². The summed E-state index contributed by atoms with van der Waals surface area (Å²) in [5.41, 5.74) is 3.96. The molecule has 0 unspecified atom stereocenters. The summed E-state index contributed by atoms with van der Waals surface area (Å²) < 4.78 is 10.2. The number of carbonyl (C=O) groups excluding carboxylic acids is 2. The van der Waals surface area contributed by atoms with Gasteiger partial charge < -0.3 is 9.47 Å². The van der Waals surface area contributed by atoms with E-state index in [1.54, 1.807) is 30.4 Å². The number of ether oxygens (including phenoxy) is 2. The molecule has 4 nitrogen and oxygen atoms in total. The van der Waals surface area contributed by atoms with Crippen LogP contribution >= 0.6 is 0 Å². The van der Waals surface area contributed by atoms with Crippen molar-refractivity contribution in [2.45, 2.75) is 33.3 Å². The average Bonchev–Trinajstić information content (AvgIpc) is 2.60. The fourth-order valence-corrected chi connectivity index (χ4v) is 2.47.